The summed E-state index contributed by atoms with van der Waals surface area (Å²) in [6.45, 7) is 2.71. The van der Waals surface area contributed by atoms with E-state index in [9.17, 15) is 4.79 Å². The Balaban J connectivity index is 1.28. The SMILES string of the molecule is CCOc1cc(C(=O)Nc2ccc3c(c2)OC2(CCCC2)O3)ccc1OCc1cccnc1. The number of pyridine rings is 1. The number of hydrogen-bond acceptors (Lipinski definition) is 6. The molecule has 2 aliphatic rings. The second-order valence-corrected chi connectivity index (χ2v) is 8.18. The van der Waals surface area contributed by atoms with E-state index in [2.05, 4.69) is 10.3 Å². The van der Waals surface area contributed by atoms with Crippen LogP contribution in [0.5, 0.6) is 23.0 Å². The average Bonchev–Trinajstić information content (AvgIpc) is 3.44. The van der Waals surface area contributed by atoms with E-state index in [4.69, 9.17) is 18.9 Å². The average molecular weight is 447 g/mol. The summed E-state index contributed by atoms with van der Waals surface area (Å²) in [4.78, 5) is 17.0. The third kappa shape index (κ3) is 4.58. The zero-order chi connectivity index (χ0) is 22.7. The third-order valence-electron chi connectivity index (χ3n) is 5.78. The number of fused-ring (bicyclic) bond motifs is 1. The molecule has 0 radical (unpaired) electrons. The highest BCUT2D eigenvalue weighted by molar-refractivity contribution is 6.04. The van der Waals surface area contributed by atoms with Crippen molar-refractivity contribution in [2.24, 2.45) is 0 Å². The normalized spacial score (nSPS) is 15.4. The minimum atomic E-state index is -0.525. The fraction of sp³-hybridized carbons (Fsp3) is 0.308. The molecule has 33 heavy (non-hydrogen) atoms. The number of amides is 1. The Morgan fingerprint density at radius 1 is 1.03 bits per heavy atom. The van der Waals surface area contributed by atoms with Crippen molar-refractivity contribution in [3.63, 3.8) is 0 Å². The van der Waals surface area contributed by atoms with E-state index in [1.54, 1.807) is 30.6 Å². The zero-order valence-electron chi connectivity index (χ0n) is 18.5. The molecule has 1 aromatic heterocycles. The lowest BCUT2D eigenvalue weighted by Crippen LogP contribution is -2.34. The van der Waals surface area contributed by atoms with Crippen LogP contribution in [-0.4, -0.2) is 23.3 Å². The van der Waals surface area contributed by atoms with Gasteiger partial charge in [-0.15, -0.1) is 0 Å². The number of hydrogen-bond donors (Lipinski definition) is 1. The van der Waals surface area contributed by atoms with Crippen molar-refractivity contribution < 1.29 is 23.7 Å². The second kappa shape index (κ2) is 9.02. The molecule has 2 aromatic carbocycles. The first-order valence-electron chi connectivity index (χ1n) is 11.3. The van der Waals surface area contributed by atoms with E-state index >= 15 is 0 Å². The van der Waals surface area contributed by atoms with Crippen LogP contribution in [0.2, 0.25) is 0 Å². The summed E-state index contributed by atoms with van der Waals surface area (Å²) < 4.78 is 23.8. The van der Waals surface area contributed by atoms with Crippen LogP contribution in [0.3, 0.4) is 0 Å². The van der Waals surface area contributed by atoms with Gasteiger partial charge < -0.3 is 24.3 Å². The number of benzene rings is 2. The predicted molar refractivity (Wildman–Crippen MR) is 123 cm³/mol. The first kappa shape index (κ1) is 21.1. The summed E-state index contributed by atoms with van der Waals surface area (Å²) in [6, 6.07) is 14.4. The fourth-order valence-electron chi connectivity index (χ4n) is 4.17. The number of ether oxygens (including phenoxy) is 4. The van der Waals surface area contributed by atoms with Crippen molar-refractivity contribution in [1.82, 2.24) is 4.98 Å². The smallest absolute Gasteiger partial charge is 0.255 e. The monoisotopic (exact) mass is 446 g/mol. The zero-order valence-corrected chi connectivity index (χ0v) is 18.5. The van der Waals surface area contributed by atoms with Gasteiger partial charge in [0.2, 0.25) is 0 Å². The summed E-state index contributed by atoms with van der Waals surface area (Å²) in [5.41, 5.74) is 2.06. The number of nitrogens with zero attached hydrogens (tertiary/aromatic N) is 1. The quantitative estimate of drug-likeness (QED) is 0.527. The molecule has 170 valence electrons. The van der Waals surface area contributed by atoms with E-state index in [1.807, 2.05) is 37.3 Å². The maximum atomic E-state index is 12.9. The number of nitrogens with one attached hydrogen (secondary N) is 1. The number of anilines is 1. The highest BCUT2D eigenvalue weighted by Crippen LogP contribution is 2.47. The molecule has 0 atom stereocenters. The predicted octanol–water partition coefficient (Wildman–Crippen LogP) is 5.35. The lowest BCUT2D eigenvalue weighted by Gasteiger charge is -2.21. The molecule has 7 nitrogen and oxygen atoms in total. The van der Waals surface area contributed by atoms with Gasteiger partial charge in [0.05, 0.1) is 6.61 Å². The maximum absolute atomic E-state index is 12.9. The van der Waals surface area contributed by atoms with Crippen LogP contribution in [0.25, 0.3) is 0 Å². The molecule has 1 saturated carbocycles. The molecule has 1 aliphatic carbocycles. The number of carbonyl (C=O) groups is 1. The van der Waals surface area contributed by atoms with E-state index in [1.165, 1.54) is 0 Å². The Bertz CT molecular complexity index is 1140. The molecule has 0 bridgehead atoms. The minimum absolute atomic E-state index is 0.246. The second-order valence-electron chi connectivity index (χ2n) is 8.18. The number of aromatic nitrogens is 1. The molecule has 5 rings (SSSR count). The van der Waals surface area contributed by atoms with Gasteiger partial charge in [0, 0.05) is 48.1 Å². The van der Waals surface area contributed by atoms with Gasteiger partial charge in [-0.25, -0.2) is 0 Å². The molecule has 1 fully saturated rings. The molecular weight excluding hydrogens is 420 g/mol. The largest absolute Gasteiger partial charge is 0.490 e. The summed E-state index contributed by atoms with van der Waals surface area (Å²) in [7, 11) is 0. The van der Waals surface area contributed by atoms with Crippen LogP contribution in [0.15, 0.2) is 60.9 Å². The molecule has 3 aromatic rings. The van der Waals surface area contributed by atoms with E-state index in [0.29, 0.717) is 41.7 Å². The van der Waals surface area contributed by atoms with Crippen LogP contribution >= 0.6 is 0 Å². The summed E-state index contributed by atoms with van der Waals surface area (Å²) in [5.74, 6) is 1.71. The molecule has 7 heteroatoms. The van der Waals surface area contributed by atoms with Crippen LogP contribution in [0.4, 0.5) is 5.69 Å². The molecule has 0 saturated heterocycles. The van der Waals surface area contributed by atoms with Crippen molar-refractivity contribution in [3.05, 3.63) is 72.1 Å². The molecule has 2 heterocycles. The first-order valence-corrected chi connectivity index (χ1v) is 11.3. The van der Waals surface area contributed by atoms with Crippen LogP contribution in [-0.2, 0) is 6.61 Å². The van der Waals surface area contributed by atoms with Crippen molar-refractivity contribution in [1.29, 1.82) is 0 Å². The summed E-state index contributed by atoms with van der Waals surface area (Å²) in [5, 5.41) is 2.93. The van der Waals surface area contributed by atoms with Crippen LogP contribution in [0.1, 0.15) is 48.5 Å². The summed E-state index contributed by atoms with van der Waals surface area (Å²) in [6.07, 6.45) is 7.44. The van der Waals surface area contributed by atoms with Crippen molar-refractivity contribution in [3.8, 4) is 23.0 Å². The highest BCUT2D eigenvalue weighted by Gasteiger charge is 2.44. The maximum Gasteiger partial charge on any atom is 0.255 e. The highest BCUT2D eigenvalue weighted by atomic mass is 16.7. The molecule has 0 unspecified atom stereocenters. The standard InChI is InChI=1S/C26H26N2O5/c1-2-30-23-14-19(7-9-21(23)31-17-18-6-5-13-27-16-18)25(29)28-20-8-10-22-24(15-20)33-26(32-22)11-3-4-12-26/h5-10,13-16H,2-4,11-12,17H2,1H3,(H,28,29). The van der Waals surface area contributed by atoms with Gasteiger partial charge in [0.25, 0.3) is 11.7 Å². The Kier molecular flexibility index (Phi) is 5.77. The molecule has 1 spiro atoms. The van der Waals surface area contributed by atoms with Gasteiger partial charge in [-0.1, -0.05) is 6.07 Å². The van der Waals surface area contributed by atoms with Gasteiger partial charge in [-0.2, -0.15) is 0 Å². The van der Waals surface area contributed by atoms with Crippen LogP contribution in [0, 0.1) is 0 Å². The van der Waals surface area contributed by atoms with Gasteiger partial charge >= 0.3 is 0 Å². The summed E-state index contributed by atoms with van der Waals surface area (Å²) >= 11 is 0. The van der Waals surface area contributed by atoms with Crippen molar-refractivity contribution >= 4 is 11.6 Å². The van der Waals surface area contributed by atoms with E-state index in [-0.39, 0.29) is 5.91 Å². The topological polar surface area (TPSA) is 78.9 Å². The molecule has 1 N–H and O–H groups in total. The van der Waals surface area contributed by atoms with Gasteiger partial charge in [0.1, 0.15) is 6.61 Å². The van der Waals surface area contributed by atoms with Gasteiger partial charge in [0.15, 0.2) is 23.0 Å². The Morgan fingerprint density at radius 2 is 1.88 bits per heavy atom. The van der Waals surface area contributed by atoms with Crippen molar-refractivity contribution in [2.75, 3.05) is 11.9 Å². The minimum Gasteiger partial charge on any atom is -0.490 e. The van der Waals surface area contributed by atoms with Crippen LogP contribution < -0.4 is 24.3 Å². The number of carbonyl (C=O) groups excluding carboxylic acids is 1. The molecular formula is C26H26N2O5. The third-order valence-corrected chi connectivity index (χ3v) is 5.78. The molecule has 1 aliphatic heterocycles. The van der Waals surface area contributed by atoms with Gasteiger partial charge in [-0.3, -0.25) is 9.78 Å². The lowest BCUT2D eigenvalue weighted by molar-refractivity contribution is -0.0716. The Hall–Kier alpha value is -3.74. The molecule has 1 amide bonds. The van der Waals surface area contributed by atoms with Crippen molar-refractivity contribution in [2.45, 2.75) is 45.0 Å². The van der Waals surface area contributed by atoms with Gasteiger partial charge in [-0.05, 0) is 56.2 Å². The first-order chi connectivity index (χ1) is 16.1. The Morgan fingerprint density at radius 3 is 2.67 bits per heavy atom. The van der Waals surface area contributed by atoms with E-state index in [0.717, 1.165) is 37.0 Å². The number of rotatable bonds is 7. The Labute approximate surface area is 192 Å². The van der Waals surface area contributed by atoms with E-state index < -0.39 is 5.79 Å². The fourth-order valence-corrected chi connectivity index (χ4v) is 4.17. The lowest BCUT2D eigenvalue weighted by atomic mass is 10.1.